The maximum absolute atomic E-state index is 6.55. The van der Waals surface area contributed by atoms with E-state index in [9.17, 15) is 0 Å². The minimum atomic E-state index is 0.116. The van der Waals surface area contributed by atoms with Crippen molar-refractivity contribution < 1.29 is 4.42 Å². The van der Waals surface area contributed by atoms with E-state index in [4.69, 9.17) is 19.4 Å². The molecule has 0 radical (unpaired) electrons. The Kier molecular flexibility index (Phi) is 6.14. The summed E-state index contributed by atoms with van der Waals surface area (Å²) in [4.78, 5) is 15.8. The largest absolute Gasteiger partial charge is 0.460 e. The molecule has 0 N–H and O–H groups in total. The van der Waals surface area contributed by atoms with Crippen molar-refractivity contribution in [3.05, 3.63) is 168 Å². The van der Waals surface area contributed by atoms with Crippen LogP contribution >= 0.6 is 11.3 Å². The molecule has 0 saturated heterocycles. The minimum absolute atomic E-state index is 0.116. The molecule has 10 rings (SSSR count). The van der Waals surface area contributed by atoms with Gasteiger partial charge in [0.2, 0.25) is 0 Å². The summed E-state index contributed by atoms with van der Waals surface area (Å²) in [6.07, 6.45) is 3.11. The predicted octanol–water partition coefficient (Wildman–Crippen LogP) is 11.2. The lowest BCUT2D eigenvalue weighted by Gasteiger charge is -2.21. The van der Waals surface area contributed by atoms with Crippen molar-refractivity contribution in [2.75, 3.05) is 0 Å². The molecule has 1 aliphatic carbocycles. The third kappa shape index (κ3) is 4.32. The smallest absolute Gasteiger partial charge is 0.164 e. The number of para-hydroxylation sites is 1. The lowest BCUT2D eigenvalue weighted by Crippen LogP contribution is -2.11. The number of fused-ring (bicyclic) bond motifs is 8. The number of hydrogen-bond donors (Lipinski definition) is 0. The molecule has 1 atom stereocenters. The summed E-state index contributed by atoms with van der Waals surface area (Å²) < 4.78 is 9.04. The van der Waals surface area contributed by atoms with Crippen molar-refractivity contribution in [2.45, 2.75) is 12.3 Å². The number of thiophene rings is 1. The highest BCUT2D eigenvalue weighted by Gasteiger charge is 2.30. The zero-order valence-corrected chi connectivity index (χ0v) is 26.6. The van der Waals surface area contributed by atoms with Crippen molar-refractivity contribution in [2.24, 2.45) is 0 Å². The molecule has 48 heavy (non-hydrogen) atoms. The molecule has 9 aromatic rings. The fourth-order valence-corrected chi connectivity index (χ4v) is 8.45. The van der Waals surface area contributed by atoms with Crippen LogP contribution < -0.4 is 0 Å². The molecule has 1 aliphatic rings. The van der Waals surface area contributed by atoms with Crippen LogP contribution in [0, 0.1) is 0 Å². The van der Waals surface area contributed by atoms with E-state index in [1.807, 2.05) is 41.7 Å². The average molecular weight is 634 g/mol. The van der Waals surface area contributed by atoms with E-state index in [1.54, 1.807) is 0 Å². The highest BCUT2D eigenvalue weighted by Crippen LogP contribution is 2.45. The zero-order chi connectivity index (χ0) is 31.6. The predicted molar refractivity (Wildman–Crippen MR) is 197 cm³/mol. The summed E-state index contributed by atoms with van der Waals surface area (Å²) in [5, 5.41) is 5.96. The van der Waals surface area contributed by atoms with Gasteiger partial charge in [0.25, 0.3) is 0 Å². The molecular weight excluding hydrogens is 607 g/mol. The van der Waals surface area contributed by atoms with Crippen LogP contribution in [0.3, 0.4) is 0 Å². The van der Waals surface area contributed by atoms with Crippen molar-refractivity contribution in [1.82, 2.24) is 15.0 Å². The Bertz CT molecular complexity index is 2710. The standard InChI is InChI=1S/C43H27N3OS/c1-3-13-26(14-4-1)28-23-34(39-31-19-9-11-21-35(31)47-36(39)24-28)43-45-41(27-15-5-2-6-16-27)44-42(46-43)33-25-38-40(30-18-8-7-17-29(30)33)32-20-10-12-22-37(32)48-38/h1-23,25,28H,24H2. The van der Waals surface area contributed by atoms with Gasteiger partial charge in [-0.2, -0.15) is 0 Å². The zero-order valence-electron chi connectivity index (χ0n) is 25.8. The molecule has 0 amide bonds. The highest BCUT2D eigenvalue weighted by molar-refractivity contribution is 7.26. The van der Waals surface area contributed by atoms with Crippen molar-refractivity contribution >= 4 is 58.8 Å². The topological polar surface area (TPSA) is 51.8 Å². The molecule has 0 fully saturated rings. The number of benzene rings is 6. The van der Waals surface area contributed by atoms with Gasteiger partial charge < -0.3 is 4.42 Å². The Labute approximate surface area is 280 Å². The summed E-state index contributed by atoms with van der Waals surface area (Å²) in [7, 11) is 0. The van der Waals surface area contributed by atoms with Gasteiger partial charge in [-0.05, 0) is 34.5 Å². The second-order valence-electron chi connectivity index (χ2n) is 12.3. The molecule has 5 heteroatoms. The Hall–Kier alpha value is -5.91. The maximum atomic E-state index is 6.55. The second kappa shape index (κ2) is 10.8. The van der Waals surface area contributed by atoms with Crippen molar-refractivity contribution in [1.29, 1.82) is 0 Å². The van der Waals surface area contributed by atoms with E-state index < -0.39 is 0 Å². The third-order valence-electron chi connectivity index (χ3n) is 9.47. The summed E-state index contributed by atoms with van der Waals surface area (Å²) in [5.41, 5.74) is 6.10. The fraction of sp³-hybridized carbons (Fsp3) is 0.0465. The quantitative estimate of drug-likeness (QED) is 0.193. The first-order chi connectivity index (χ1) is 23.8. The molecule has 6 aromatic carbocycles. The van der Waals surface area contributed by atoms with E-state index in [1.165, 1.54) is 31.1 Å². The van der Waals surface area contributed by atoms with E-state index >= 15 is 0 Å². The van der Waals surface area contributed by atoms with Crippen LogP contribution in [-0.4, -0.2) is 15.0 Å². The first kappa shape index (κ1) is 27.2. The maximum Gasteiger partial charge on any atom is 0.164 e. The third-order valence-corrected chi connectivity index (χ3v) is 10.6. The lowest BCUT2D eigenvalue weighted by molar-refractivity contribution is 0.531. The van der Waals surface area contributed by atoms with Crippen LogP contribution in [0.1, 0.15) is 28.6 Å². The number of allylic oxidation sites excluding steroid dienone is 1. The van der Waals surface area contributed by atoms with Gasteiger partial charge in [0, 0.05) is 60.2 Å². The Balaban J connectivity index is 1.27. The molecule has 4 nitrogen and oxygen atoms in total. The summed E-state index contributed by atoms with van der Waals surface area (Å²) >= 11 is 1.81. The monoisotopic (exact) mass is 633 g/mol. The van der Waals surface area contributed by atoms with Gasteiger partial charge >= 0.3 is 0 Å². The number of furan rings is 1. The van der Waals surface area contributed by atoms with Crippen LogP contribution in [0.5, 0.6) is 0 Å². The molecule has 226 valence electrons. The van der Waals surface area contributed by atoms with E-state index in [2.05, 4.69) is 115 Å². The molecule has 1 unspecified atom stereocenters. The van der Waals surface area contributed by atoms with Crippen LogP contribution in [-0.2, 0) is 6.42 Å². The number of aromatic nitrogens is 3. The van der Waals surface area contributed by atoms with Gasteiger partial charge in [-0.1, -0.05) is 127 Å². The molecule has 0 bridgehead atoms. The molecule has 0 spiro atoms. The number of rotatable bonds is 4. The van der Waals surface area contributed by atoms with Crippen LogP contribution in [0.2, 0.25) is 0 Å². The summed E-state index contributed by atoms with van der Waals surface area (Å²) in [6.45, 7) is 0. The molecule has 3 heterocycles. The lowest BCUT2D eigenvalue weighted by atomic mass is 9.83. The first-order valence-corrected chi connectivity index (χ1v) is 17.0. The number of nitrogens with zero attached hydrogens (tertiary/aromatic N) is 3. The molecule has 0 saturated carbocycles. The van der Waals surface area contributed by atoms with E-state index in [0.29, 0.717) is 17.5 Å². The average Bonchev–Trinajstić information content (AvgIpc) is 3.73. The van der Waals surface area contributed by atoms with Gasteiger partial charge in [0.15, 0.2) is 17.5 Å². The minimum Gasteiger partial charge on any atom is -0.460 e. The van der Waals surface area contributed by atoms with Gasteiger partial charge in [-0.15, -0.1) is 11.3 Å². The SMILES string of the molecule is C1=C(c2nc(-c3ccccc3)nc(-c3cc4sc5ccccc5c4c4ccccc34)n2)c2c(oc3ccccc23)CC1c1ccccc1. The van der Waals surface area contributed by atoms with Gasteiger partial charge in [-0.25, -0.2) is 15.0 Å². The van der Waals surface area contributed by atoms with Gasteiger partial charge in [-0.3, -0.25) is 0 Å². The molecular formula is C43H27N3OS. The van der Waals surface area contributed by atoms with E-state index in [-0.39, 0.29) is 5.92 Å². The summed E-state index contributed by atoms with van der Waals surface area (Å²) in [5.74, 6) is 3.03. The highest BCUT2D eigenvalue weighted by atomic mass is 32.1. The number of hydrogen-bond acceptors (Lipinski definition) is 5. The Morgan fingerprint density at radius 1 is 0.562 bits per heavy atom. The van der Waals surface area contributed by atoms with E-state index in [0.717, 1.165) is 50.8 Å². The van der Waals surface area contributed by atoms with Crippen molar-refractivity contribution in [3.63, 3.8) is 0 Å². The Morgan fingerprint density at radius 2 is 1.21 bits per heavy atom. The Morgan fingerprint density at radius 3 is 2.04 bits per heavy atom. The van der Waals surface area contributed by atoms with Crippen LogP contribution in [0.4, 0.5) is 0 Å². The van der Waals surface area contributed by atoms with Crippen LogP contribution in [0.25, 0.3) is 70.3 Å². The second-order valence-corrected chi connectivity index (χ2v) is 13.4. The van der Waals surface area contributed by atoms with Crippen LogP contribution in [0.15, 0.2) is 150 Å². The van der Waals surface area contributed by atoms with Gasteiger partial charge in [0.1, 0.15) is 11.3 Å². The normalized spacial score (nSPS) is 14.5. The first-order valence-electron chi connectivity index (χ1n) is 16.2. The van der Waals surface area contributed by atoms with Crippen molar-refractivity contribution in [3.8, 4) is 22.8 Å². The molecule has 3 aromatic heterocycles. The fourth-order valence-electron chi connectivity index (χ4n) is 7.29. The summed E-state index contributed by atoms with van der Waals surface area (Å²) in [6, 6.07) is 48.7. The van der Waals surface area contributed by atoms with Gasteiger partial charge in [0.05, 0.1) is 0 Å². The molecule has 0 aliphatic heterocycles.